The van der Waals surface area contributed by atoms with Crippen LogP contribution in [0, 0.1) is 12.8 Å². The van der Waals surface area contributed by atoms with Gasteiger partial charge in [-0.2, -0.15) is 0 Å². The van der Waals surface area contributed by atoms with Crippen molar-refractivity contribution in [3.8, 4) is 0 Å². The van der Waals surface area contributed by atoms with Crippen LogP contribution >= 0.6 is 23.6 Å². The molecule has 6 heteroatoms. The Kier molecular flexibility index (Phi) is 6.42. The molecule has 2 N–H and O–H groups in total. The molecule has 0 saturated carbocycles. The fourth-order valence-electron chi connectivity index (χ4n) is 1.85. The van der Waals surface area contributed by atoms with Crippen LogP contribution < -0.4 is 10.6 Å². The maximum absolute atomic E-state index is 12.0. The van der Waals surface area contributed by atoms with E-state index in [9.17, 15) is 4.79 Å². The Hall–Kier alpha value is -1.14. The van der Waals surface area contributed by atoms with Crippen LogP contribution in [0.4, 0.5) is 5.00 Å². The van der Waals surface area contributed by atoms with Crippen LogP contribution in [0.1, 0.15) is 41.6 Å². The number of thiophene rings is 1. The summed E-state index contributed by atoms with van der Waals surface area (Å²) in [5.74, 6) is 0.187. The molecular formula is C14H22N2O2S2. The van der Waals surface area contributed by atoms with Crippen molar-refractivity contribution in [2.75, 3.05) is 19.0 Å². The standard InChI is InChI=1S/C14H22N2O2S2/c1-6-10-9(4)20-12(11(10)13(17)18-5)16-14(19)15-7-8(2)3/h8H,6-7H2,1-5H3,(H2,15,16,19). The predicted molar refractivity (Wildman–Crippen MR) is 88.8 cm³/mol. The monoisotopic (exact) mass is 314 g/mol. The normalized spacial score (nSPS) is 10.5. The molecule has 0 aliphatic heterocycles. The molecule has 1 aromatic rings. The third kappa shape index (κ3) is 4.18. The van der Waals surface area contributed by atoms with Gasteiger partial charge in [0.05, 0.1) is 12.7 Å². The summed E-state index contributed by atoms with van der Waals surface area (Å²) >= 11 is 6.79. The SMILES string of the molecule is CCc1c(C)sc(NC(=S)NCC(C)C)c1C(=O)OC. The van der Waals surface area contributed by atoms with Gasteiger partial charge in [-0.3, -0.25) is 0 Å². The van der Waals surface area contributed by atoms with Gasteiger partial charge in [0.15, 0.2) is 5.11 Å². The van der Waals surface area contributed by atoms with E-state index in [0.29, 0.717) is 16.6 Å². The van der Waals surface area contributed by atoms with Crippen molar-refractivity contribution in [2.24, 2.45) is 5.92 Å². The molecule has 0 bridgehead atoms. The molecule has 0 unspecified atom stereocenters. The van der Waals surface area contributed by atoms with E-state index in [1.54, 1.807) is 0 Å². The van der Waals surface area contributed by atoms with Crippen LogP contribution in [0.2, 0.25) is 0 Å². The average Bonchev–Trinajstić information content (AvgIpc) is 2.71. The van der Waals surface area contributed by atoms with Crippen molar-refractivity contribution in [3.05, 3.63) is 16.0 Å². The van der Waals surface area contributed by atoms with E-state index in [2.05, 4.69) is 24.5 Å². The number of anilines is 1. The highest BCUT2D eigenvalue weighted by molar-refractivity contribution is 7.80. The van der Waals surface area contributed by atoms with Crippen LogP contribution in [0.15, 0.2) is 0 Å². The summed E-state index contributed by atoms with van der Waals surface area (Å²) in [6.07, 6.45) is 0.792. The van der Waals surface area contributed by atoms with E-state index in [1.807, 2.05) is 13.8 Å². The number of rotatable bonds is 5. The Balaban J connectivity index is 2.94. The lowest BCUT2D eigenvalue weighted by atomic mass is 10.1. The van der Waals surface area contributed by atoms with Gasteiger partial charge in [-0.1, -0.05) is 20.8 Å². The molecule has 0 aliphatic rings. The predicted octanol–water partition coefficient (Wildman–Crippen LogP) is 3.35. The van der Waals surface area contributed by atoms with E-state index in [1.165, 1.54) is 18.4 Å². The summed E-state index contributed by atoms with van der Waals surface area (Å²) in [4.78, 5) is 13.1. The van der Waals surface area contributed by atoms with Crippen molar-refractivity contribution in [1.82, 2.24) is 5.32 Å². The van der Waals surface area contributed by atoms with E-state index in [0.717, 1.165) is 28.4 Å². The summed E-state index contributed by atoms with van der Waals surface area (Å²) in [5, 5.41) is 7.54. The maximum atomic E-state index is 12.0. The van der Waals surface area contributed by atoms with Crippen molar-refractivity contribution in [3.63, 3.8) is 0 Å². The van der Waals surface area contributed by atoms with Crippen LogP contribution in [-0.2, 0) is 11.2 Å². The van der Waals surface area contributed by atoms with Crippen molar-refractivity contribution >= 4 is 39.6 Å². The van der Waals surface area contributed by atoms with Gasteiger partial charge in [-0.25, -0.2) is 4.79 Å². The smallest absolute Gasteiger partial charge is 0.341 e. The van der Waals surface area contributed by atoms with E-state index < -0.39 is 0 Å². The molecule has 0 radical (unpaired) electrons. The topological polar surface area (TPSA) is 50.4 Å². The fourth-order valence-corrected chi connectivity index (χ4v) is 3.24. The molecule has 4 nitrogen and oxygen atoms in total. The Bertz CT molecular complexity index is 496. The number of aryl methyl sites for hydroxylation is 1. The molecule has 1 heterocycles. The Morgan fingerprint density at radius 2 is 2.10 bits per heavy atom. The van der Waals surface area contributed by atoms with Crippen LogP contribution in [0.3, 0.4) is 0 Å². The van der Waals surface area contributed by atoms with Gasteiger partial charge in [-0.15, -0.1) is 11.3 Å². The lowest BCUT2D eigenvalue weighted by molar-refractivity contribution is 0.0601. The molecule has 0 aliphatic carbocycles. The third-order valence-corrected chi connectivity index (χ3v) is 4.16. The van der Waals surface area contributed by atoms with E-state index in [4.69, 9.17) is 17.0 Å². The summed E-state index contributed by atoms with van der Waals surface area (Å²) in [6, 6.07) is 0. The minimum atomic E-state index is -0.319. The number of carbonyl (C=O) groups is 1. The molecule has 112 valence electrons. The highest BCUT2D eigenvalue weighted by Crippen LogP contribution is 2.33. The second kappa shape index (κ2) is 7.59. The largest absolute Gasteiger partial charge is 0.465 e. The van der Waals surface area contributed by atoms with Gasteiger partial charge in [0.25, 0.3) is 0 Å². The van der Waals surface area contributed by atoms with Gasteiger partial charge < -0.3 is 15.4 Å². The molecule has 0 saturated heterocycles. The van der Waals surface area contributed by atoms with E-state index in [-0.39, 0.29) is 5.97 Å². The lowest BCUT2D eigenvalue weighted by Gasteiger charge is -2.12. The van der Waals surface area contributed by atoms with Crippen LogP contribution in [-0.4, -0.2) is 24.7 Å². The summed E-state index contributed by atoms with van der Waals surface area (Å²) < 4.78 is 4.88. The Morgan fingerprint density at radius 1 is 1.45 bits per heavy atom. The van der Waals surface area contributed by atoms with Crippen molar-refractivity contribution in [1.29, 1.82) is 0 Å². The number of nitrogens with one attached hydrogen (secondary N) is 2. The van der Waals surface area contributed by atoms with Crippen molar-refractivity contribution < 1.29 is 9.53 Å². The van der Waals surface area contributed by atoms with Gasteiger partial charge in [0.2, 0.25) is 0 Å². The number of methoxy groups -OCH3 is 1. The number of ether oxygens (including phenoxy) is 1. The molecule has 20 heavy (non-hydrogen) atoms. The molecule has 1 rings (SSSR count). The van der Waals surface area contributed by atoms with Crippen LogP contribution in [0.25, 0.3) is 0 Å². The zero-order valence-corrected chi connectivity index (χ0v) is 14.3. The summed E-state index contributed by atoms with van der Waals surface area (Å²) in [7, 11) is 1.40. The number of thiocarbonyl (C=S) groups is 1. The van der Waals surface area contributed by atoms with E-state index >= 15 is 0 Å². The van der Waals surface area contributed by atoms with Gasteiger partial charge >= 0.3 is 5.97 Å². The minimum absolute atomic E-state index is 0.319. The Labute approximate surface area is 129 Å². The number of esters is 1. The number of hydrogen-bond donors (Lipinski definition) is 2. The zero-order chi connectivity index (χ0) is 15.3. The maximum Gasteiger partial charge on any atom is 0.341 e. The first-order valence-corrected chi connectivity index (χ1v) is 7.88. The number of hydrogen-bond acceptors (Lipinski definition) is 4. The number of carbonyl (C=O) groups excluding carboxylic acids is 1. The molecule has 0 aromatic carbocycles. The fraction of sp³-hybridized carbons (Fsp3) is 0.571. The summed E-state index contributed by atoms with van der Waals surface area (Å²) in [5.41, 5.74) is 1.63. The van der Waals surface area contributed by atoms with Gasteiger partial charge in [0.1, 0.15) is 5.00 Å². The first-order valence-electron chi connectivity index (χ1n) is 6.66. The molecule has 0 fully saturated rings. The molecular weight excluding hydrogens is 292 g/mol. The zero-order valence-electron chi connectivity index (χ0n) is 12.6. The second-order valence-corrected chi connectivity index (χ2v) is 6.55. The van der Waals surface area contributed by atoms with Gasteiger partial charge in [-0.05, 0) is 37.0 Å². The molecule has 0 atom stereocenters. The highest BCUT2D eigenvalue weighted by atomic mass is 32.1. The second-order valence-electron chi connectivity index (χ2n) is 4.91. The van der Waals surface area contributed by atoms with Gasteiger partial charge in [0, 0.05) is 11.4 Å². The third-order valence-electron chi connectivity index (χ3n) is 2.85. The Morgan fingerprint density at radius 3 is 2.60 bits per heavy atom. The first kappa shape index (κ1) is 16.9. The summed E-state index contributed by atoms with van der Waals surface area (Å²) in [6.45, 7) is 9.05. The highest BCUT2D eigenvalue weighted by Gasteiger charge is 2.22. The molecule has 0 amide bonds. The first-order chi connectivity index (χ1) is 9.40. The minimum Gasteiger partial charge on any atom is -0.465 e. The lowest BCUT2D eigenvalue weighted by Crippen LogP contribution is -2.31. The average molecular weight is 314 g/mol. The molecule has 0 spiro atoms. The quantitative estimate of drug-likeness (QED) is 0.645. The molecule has 1 aromatic heterocycles. The van der Waals surface area contributed by atoms with Crippen LogP contribution in [0.5, 0.6) is 0 Å². The van der Waals surface area contributed by atoms with Crippen molar-refractivity contribution in [2.45, 2.75) is 34.1 Å².